The maximum atomic E-state index is 12.5. The molecule has 0 saturated carbocycles. The van der Waals surface area contributed by atoms with Gasteiger partial charge in [-0.2, -0.15) is 0 Å². The van der Waals surface area contributed by atoms with Crippen molar-refractivity contribution >= 4 is 17.5 Å². The number of hydrogen-bond donors (Lipinski definition) is 2. The molecule has 1 amide bonds. The molecule has 5 heteroatoms. The Bertz CT molecular complexity index is 745. The van der Waals surface area contributed by atoms with Crippen LogP contribution in [-0.2, 0) is 6.42 Å². The van der Waals surface area contributed by atoms with E-state index in [1.807, 2.05) is 18.2 Å². The summed E-state index contributed by atoms with van der Waals surface area (Å²) in [4.78, 5) is 12.5. The first-order valence-corrected chi connectivity index (χ1v) is 7.93. The second-order valence-corrected chi connectivity index (χ2v) is 6.03. The molecule has 1 atom stereocenters. The monoisotopic (exact) mass is 331 g/mol. The molecule has 4 nitrogen and oxygen atoms in total. The van der Waals surface area contributed by atoms with Crippen molar-refractivity contribution in [3.8, 4) is 11.5 Å². The number of para-hydroxylation sites is 1. The highest BCUT2D eigenvalue weighted by Gasteiger charge is 2.24. The van der Waals surface area contributed by atoms with Crippen LogP contribution in [-0.4, -0.2) is 18.1 Å². The largest absolute Gasteiger partial charge is 0.506 e. The lowest BCUT2D eigenvalue weighted by Crippen LogP contribution is -2.31. The molecule has 0 radical (unpaired) electrons. The van der Waals surface area contributed by atoms with Crippen LogP contribution in [0.2, 0.25) is 5.02 Å². The molecule has 23 heavy (non-hydrogen) atoms. The lowest BCUT2D eigenvalue weighted by Gasteiger charge is -2.27. The summed E-state index contributed by atoms with van der Waals surface area (Å²) in [6.07, 6.45) is 2.85. The number of methoxy groups -OCH3 is 1. The van der Waals surface area contributed by atoms with Gasteiger partial charge in [0.2, 0.25) is 0 Å². The van der Waals surface area contributed by atoms with Crippen LogP contribution in [0.3, 0.4) is 0 Å². The van der Waals surface area contributed by atoms with E-state index in [-0.39, 0.29) is 28.3 Å². The Morgan fingerprint density at radius 3 is 2.96 bits per heavy atom. The third-order valence-corrected chi connectivity index (χ3v) is 4.51. The molecular weight excluding hydrogens is 314 g/mol. The van der Waals surface area contributed by atoms with E-state index in [0.29, 0.717) is 0 Å². The summed E-state index contributed by atoms with van der Waals surface area (Å²) < 4.78 is 5.28. The minimum atomic E-state index is -0.328. The average molecular weight is 332 g/mol. The molecule has 0 bridgehead atoms. The molecule has 0 unspecified atom stereocenters. The molecule has 0 saturated heterocycles. The number of ether oxygens (including phenoxy) is 1. The van der Waals surface area contributed by atoms with E-state index >= 15 is 0 Å². The molecule has 3 rings (SSSR count). The molecule has 0 spiro atoms. The van der Waals surface area contributed by atoms with Gasteiger partial charge in [0.1, 0.15) is 11.5 Å². The van der Waals surface area contributed by atoms with E-state index < -0.39 is 0 Å². The Balaban J connectivity index is 1.87. The van der Waals surface area contributed by atoms with E-state index in [1.54, 1.807) is 25.3 Å². The van der Waals surface area contributed by atoms with Crippen LogP contribution < -0.4 is 10.1 Å². The van der Waals surface area contributed by atoms with Gasteiger partial charge in [0, 0.05) is 0 Å². The van der Waals surface area contributed by atoms with Gasteiger partial charge < -0.3 is 15.2 Å². The number of carbonyl (C=O) groups excluding carboxylic acids is 1. The summed E-state index contributed by atoms with van der Waals surface area (Å²) in [5.41, 5.74) is 2.48. The summed E-state index contributed by atoms with van der Waals surface area (Å²) in [6, 6.07) is 10.6. The minimum Gasteiger partial charge on any atom is -0.506 e. The standard InChI is InChI=1S/C18H18ClNO3/c1-23-12-9-8-11-4-2-7-16(14(11)10-12)20-18(22)13-5-3-6-15(19)17(13)21/h3,5-6,8-10,16,21H,2,4,7H2,1H3,(H,20,22)/t16-/m1/s1. The van der Waals surface area contributed by atoms with Gasteiger partial charge in [-0.3, -0.25) is 4.79 Å². The van der Waals surface area contributed by atoms with Gasteiger partial charge in [0.15, 0.2) is 0 Å². The van der Waals surface area contributed by atoms with Crippen LogP contribution in [0, 0.1) is 0 Å². The van der Waals surface area contributed by atoms with Crippen molar-refractivity contribution in [1.82, 2.24) is 5.32 Å². The number of aryl methyl sites for hydroxylation is 1. The lowest BCUT2D eigenvalue weighted by atomic mass is 9.87. The number of aromatic hydroxyl groups is 1. The highest BCUT2D eigenvalue weighted by Crippen LogP contribution is 2.33. The van der Waals surface area contributed by atoms with Crippen LogP contribution in [0.4, 0.5) is 0 Å². The van der Waals surface area contributed by atoms with Gasteiger partial charge in [-0.25, -0.2) is 0 Å². The lowest BCUT2D eigenvalue weighted by molar-refractivity contribution is 0.0930. The van der Waals surface area contributed by atoms with Crippen LogP contribution in [0.25, 0.3) is 0 Å². The smallest absolute Gasteiger partial charge is 0.255 e. The summed E-state index contributed by atoms with van der Waals surface area (Å²) in [5.74, 6) is 0.259. The molecule has 120 valence electrons. The molecule has 0 aromatic heterocycles. The van der Waals surface area contributed by atoms with Crippen molar-refractivity contribution in [2.75, 3.05) is 7.11 Å². The number of phenols is 1. The van der Waals surface area contributed by atoms with E-state index in [0.717, 1.165) is 30.6 Å². The highest BCUT2D eigenvalue weighted by molar-refractivity contribution is 6.32. The van der Waals surface area contributed by atoms with Gasteiger partial charge in [-0.15, -0.1) is 0 Å². The average Bonchev–Trinajstić information content (AvgIpc) is 2.57. The third-order valence-electron chi connectivity index (χ3n) is 4.20. The maximum absolute atomic E-state index is 12.5. The van der Waals surface area contributed by atoms with Crippen molar-refractivity contribution in [3.63, 3.8) is 0 Å². The zero-order valence-electron chi connectivity index (χ0n) is 12.8. The van der Waals surface area contributed by atoms with E-state index in [4.69, 9.17) is 16.3 Å². The van der Waals surface area contributed by atoms with Crippen molar-refractivity contribution in [2.24, 2.45) is 0 Å². The molecule has 2 aromatic rings. The first-order valence-electron chi connectivity index (χ1n) is 7.55. The molecule has 0 aliphatic heterocycles. The van der Waals surface area contributed by atoms with Crippen LogP contribution in [0.5, 0.6) is 11.5 Å². The fraction of sp³-hybridized carbons (Fsp3) is 0.278. The quantitative estimate of drug-likeness (QED) is 0.897. The van der Waals surface area contributed by atoms with Gasteiger partial charge >= 0.3 is 0 Å². The number of nitrogens with one attached hydrogen (secondary N) is 1. The number of carbonyl (C=O) groups is 1. The van der Waals surface area contributed by atoms with Gasteiger partial charge in [-0.05, 0) is 54.7 Å². The molecule has 2 N–H and O–H groups in total. The van der Waals surface area contributed by atoms with Gasteiger partial charge in [-0.1, -0.05) is 23.7 Å². The van der Waals surface area contributed by atoms with Crippen LogP contribution >= 0.6 is 11.6 Å². The third kappa shape index (κ3) is 3.13. The summed E-state index contributed by atoms with van der Waals surface area (Å²) in [7, 11) is 1.63. The summed E-state index contributed by atoms with van der Waals surface area (Å²) in [5, 5.41) is 13.1. The first kappa shape index (κ1) is 15.7. The first-order chi connectivity index (χ1) is 11.1. The molecule has 0 heterocycles. The van der Waals surface area contributed by atoms with Crippen LogP contribution in [0.15, 0.2) is 36.4 Å². The molecule has 1 aliphatic rings. The number of halogens is 1. The van der Waals surface area contributed by atoms with E-state index in [1.165, 1.54) is 5.56 Å². The Morgan fingerprint density at radius 1 is 1.35 bits per heavy atom. The Kier molecular flexibility index (Phi) is 4.44. The number of fused-ring (bicyclic) bond motifs is 1. The van der Waals surface area contributed by atoms with Crippen molar-refractivity contribution < 1.29 is 14.6 Å². The molecule has 1 aliphatic carbocycles. The predicted molar refractivity (Wildman–Crippen MR) is 89.3 cm³/mol. The Morgan fingerprint density at radius 2 is 2.17 bits per heavy atom. The molecular formula is C18H18ClNO3. The normalized spacial score (nSPS) is 16.5. The second kappa shape index (κ2) is 6.50. The SMILES string of the molecule is COc1ccc2c(c1)[C@H](NC(=O)c1cccc(Cl)c1O)CCC2. The summed E-state index contributed by atoms with van der Waals surface area (Å²) >= 11 is 5.87. The highest BCUT2D eigenvalue weighted by atomic mass is 35.5. The fourth-order valence-electron chi connectivity index (χ4n) is 2.99. The number of rotatable bonds is 3. The molecule has 0 fully saturated rings. The summed E-state index contributed by atoms with van der Waals surface area (Å²) in [6.45, 7) is 0. The number of phenolic OH excluding ortho intramolecular Hbond substituents is 1. The van der Waals surface area contributed by atoms with Crippen molar-refractivity contribution in [1.29, 1.82) is 0 Å². The molecule has 2 aromatic carbocycles. The van der Waals surface area contributed by atoms with Gasteiger partial charge in [0.05, 0.1) is 23.7 Å². The zero-order chi connectivity index (χ0) is 16.4. The van der Waals surface area contributed by atoms with E-state index in [9.17, 15) is 9.90 Å². The fourth-order valence-corrected chi connectivity index (χ4v) is 3.16. The van der Waals surface area contributed by atoms with E-state index in [2.05, 4.69) is 5.32 Å². The number of hydrogen-bond acceptors (Lipinski definition) is 3. The topological polar surface area (TPSA) is 58.6 Å². The van der Waals surface area contributed by atoms with Gasteiger partial charge in [0.25, 0.3) is 5.91 Å². The predicted octanol–water partition coefficient (Wildman–Crippen LogP) is 3.86. The number of amides is 1. The van der Waals surface area contributed by atoms with Crippen LogP contribution in [0.1, 0.15) is 40.4 Å². The second-order valence-electron chi connectivity index (χ2n) is 5.62. The van der Waals surface area contributed by atoms with Crippen molar-refractivity contribution in [3.05, 3.63) is 58.1 Å². The number of benzene rings is 2. The Labute approximate surface area is 140 Å². The van der Waals surface area contributed by atoms with Crippen molar-refractivity contribution in [2.45, 2.75) is 25.3 Å². The Hall–Kier alpha value is -2.20. The zero-order valence-corrected chi connectivity index (χ0v) is 13.6. The maximum Gasteiger partial charge on any atom is 0.255 e. The minimum absolute atomic E-state index is 0.0975.